The summed E-state index contributed by atoms with van der Waals surface area (Å²) in [5.74, 6) is 0. The van der Waals surface area contributed by atoms with Gasteiger partial charge in [-0.3, -0.25) is 0 Å². The van der Waals surface area contributed by atoms with Crippen LogP contribution in [0.5, 0.6) is 0 Å². The fourth-order valence-corrected chi connectivity index (χ4v) is 2.69. The van der Waals surface area contributed by atoms with E-state index >= 15 is 0 Å². The minimum absolute atomic E-state index is 0.0154. The van der Waals surface area contributed by atoms with Crippen molar-refractivity contribution in [2.75, 3.05) is 17.3 Å². The van der Waals surface area contributed by atoms with Gasteiger partial charge in [0.1, 0.15) is 0 Å². The summed E-state index contributed by atoms with van der Waals surface area (Å²) in [5, 5.41) is 2.77. The van der Waals surface area contributed by atoms with Crippen LogP contribution in [0.25, 0.3) is 0 Å². The number of hydrogen-bond donors (Lipinski definition) is 2. The van der Waals surface area contributed by atoms with E-state index in [1.165, 1.54) is 30.3 Å². The van der Waals surface area contributed by atoms with Crippen molar-refractivity contribution in [1.29, 1.82) is 0 Å². The molecule has 0 aliphatic heterocycles. The molecule has 0 fully saturated rings. The third kappa shape index (κ3) is 3.70. The minimum atomic E-state index is -4.42. The smallest absolute Gasteiger partial charge is 0.399 e. The standard InChI is InChI=1S/C14H13F3N2O2S/c1-22(20,21)13-7-4-10(18)8-12(13)19-11-5-2-9(3-6-11)14(15,16)17/h2-8,19H,18H2,1H3. The van der Waals surface area contributed by atoms with Crippen LogP contribution in [0.4, 0.5) is 30.2 Å². The van der Waals surface area contributed by atoms with E-state index in [1.54, 1.807) is 0 Å². The van der Waals surface area contributed by atoms with Crippen LogP contribution in [0.2, 0.25) is 0 Å². The van der Waals surface area contributed by atoms with E-state index in [0.717, 1.165) is 18.4 Å². The van der Waals surface area contributed by atoms with Crippen molar-refractivity contribution < 1.29 is 21.6 Å². The maximum atomic E-state index is 12.5. The molecule has 4 nitrogen and oxygen atoms in total. The van der Waals surface area contributed by atoms with Crippen LogP contribution < -0.4 is 11.1 Å². The highest BCUT2D eigenvalue weighted by Gasteiger charge is 2.30. The summed E-state index contributed by atoms with van der Waals surface area (Å²) in [4.78, 5) is 0.0154. The van der Waals surface area contributed by atoms with Crippen LogP contribution in [0.15, 0.2) is 47.4 Å². The molecule has 0 amide bonds. The number of nitrogens with one attached hydrogen (secondary N) is 1. The molecule has 0 bridgehead atoms. The quantitative estimate of drug-likeness (QED) is 0.846. The number of halogens is 3. The molecular formula is C14H13F3N2O2S. The molecule has 22 heavy (non-hydrogen) atoms. The first-order valence-electron chi connectivity index (χ1n) is 6.11. The van der Waals surface area contributed by atoms with Crippen molar-refractivity contribution in [2.24, 2.45) is 0 Å². The van der Waals surface area contributed by atoms with Crippen molar-refractivity contribution >= 4 is 26.9 Å². The molecule has 0 saturated heterocycles. The zero-order chi connectivity index (χ0) is 16.5. The average molecular weight is 330 g/mol. The van der Waals surface area contributed by atoms with Gasteiger partial charge in [0, 0.05) is 17.6 Å². The predicted molar refractivity (Wildman–Crippen MR) is 78.7 cm³/mol. The van der Waals surface area contributed by atoms with Crippen LogP contribution in [0, 0.1) is 0 Å². The van der Waals surface area contributed by atoms with Crippen LogP contribution in [-0.2, 0) is 16.0 Å². The van der Waals surface area contributed by atoms with Crippen molar-refractivity contribution in [3.63, 3.8) is 0 Å². The first kappa shape index (κ1) is 16.2. The monoisotopic (exact) mass is 330 g/mol. The van der Waals surface area contributed by atoms with Gasteiger partial charge < -0.3 is 11.1 Å². The molecule has 0 spiro atoms. The van der Waals surface area contributed by atoms with E-state index in [2.05, 4.69) is 5.32 Å². The lowest BCUT2D eigenvalue weighted by molar-refractivity contribution is -0.137. The van der Waals surface area contributed by atoms with E-state index in [0.29, 0.717) is 11.4 Å². The highest BCUT2D eigenvalue weighted by molar-refractivity contribution is 7.90. The third-order valence-corrected chi connectivity index (χ3v) is 4.05. The third-order valence-electron chi connectivity index (χ3n) is 2.89. The second-order valence-electron chi connectivity index (χ2n) is 4.73. The summed E-state index contributed by atoms with van der Waals surface area (Å²) >= 11 is 0. The van der Waals surface area contributed by atoms with Crippen molar-refractivity contribution in [3.05, 3.63) is 48.0 Å². The molecular weight excluding hydrogens is 317 g/mol. The molecule has 2 rings (SSSR count). The first-order valence-corrected chi connectivity index (χ1v) is 8.00. The molecule has 0 heterocycles. The van der Waals surface area contributed by atoms with Crippen LogP contribution in [0.1, 0.15) is 5.56 Å². The van der Waals surface area contributed by atoms with E-state index in [9.17, 15) is 21.6 Å². The number of anilines is 3. The molecule has 0 unspecified atom stereocenters. The molecule has 3 N–H and O–H groups in total. The Morgan fingerprint density at radius 1 is 1.05 bits per heavy atom. The van der Waals surface area contributed by atoms with Crippen molar-refractivity contribution in [3.8, 4) is 0 Å². The number of rotatable bonds is 3. The molecule has 2 aromatic rings. The largest absolute Gasteiger partial charge is 0.416 e. The lowest BCUT2D eigenvalue weighted by Gasteiger charge is -2.13. The molecule has 2 aromatic carbocycles. The fourth-order valence-electron chi connectivity index (χ4n) is 1.87. The topological polar surface area (TPSA) is 72.2 Å². The summed E-state index contributed by atoms with van der Waals surface area (Å²) in [6, 6.07) is 8.46. The molecule has 0 aliphatic carbocycles. The lowest BCUT2D eigenvalue weighted by atomic mass is 10.2. The number of sulfone groups is 1. The normalized spacial score (nSPS) is 12.2. The van der Waals surface area contributed by atoms with Gasteiger partial charge in [-0.15, -0.1) is 0 Å². The summed E-state index contributed by atoms with van der Waals surface area (Å²) in [7, 11) is -3.50. The SMILES string of the molecule is CS(=O)(=O)c1ccc(N)cc1Nc1ccc(C(F)(F)F)cc1. The predicted octanol–water partition coefficient (Wildman–Crippen LogP) is 3.43. The highest BCUT2D eigenvalue weighted by atomic mass is 32.2. The fraction of sp³-hybridized carbons (Fsp3) is 0.143. The van der Waals surface area contributed by atoms with Gasteiger partial charge in [-0.25, -0.2) is 8.42 Å². The molecule has 118 valence electrons. The summed E-state index contributed by atoms with van der Waals surface area (Å²) in [6.45, 7) is 0. The number of nitrogens with two attached hydrogens (primary N) is 1. The molecule has 0 radical (unpaired) electrons. The Balaban J connectivity index is 2.37. The molecule has 0 saturated carbocycles. The maximum absolute atomic E-state index is 12.5. The van der Waals surface area contributed by atoms with Crippen LogP contribution in [-0.4, -0.2) is 14.7 Å². The van der Waals surface area contributed by atoms with E-state index in [-0.39, 0.29) is 10.6 Å². The molecule has 0 aliphatic rings. The Hall–Kier alpha value is -2.22. The first-order chi connectivity index (χ1) is 10.1. The summed E-state index contributed by atoms with van der Waals surface area (Å²) < 4.78 is 60.9. The zero-order valence-corrected chi connectivity index (χ0v) is 12.3. The number of nitrogen functional groups attached to an aromatic ring is 1. The Labute approximate surface area is 125 Å². The number of hydrogen-bond acceptors (Lipinski definition) is 4. The van der Waals surface area contributed by atoms with Gasteiger partial charge >= 0.3 is 6.18 Å². The Bertz CT molecular complexity index is 785. The van der Waals surface area contributed by atoms with E-state index in [4.69, 9.17) is 5.73 Å². The van der Waals surface area contributed by atoms with Crippen LogP contribution in [0.3, 0.4) is 0 Å². The maximum Gasteiger partial charge on any atom is 0.416 e. The number of alkyl halides is 3. The second-order valence-corrected chi connectivity index (χ2v) is 6.71. The Kier molecular flexibility index (Phi) is 4.06. The van der Waals surface area contributed by atoms with E-state index < -0.39 is 21.6 Å². The number of benzene rings is 2. The molecule has 0 aromatic heterocycles. The van der Waals surface area contributed by atoms with Gasteiger partial charge in [0.25, 0.3) is 0 Å². The Morgan fingerprint density at radius 3 is 2.14 bits per heavy atom. The van der Waals surface area contributed by atoms with Gasteiger partial charge in [0.05, 0.1) is 16.1 Å². The van der Waals surface area contributed by atoms with Crippen LogP contribution >= 0.6 is 0 Å². The van der Waals surface area contributed by atoms with E-state index in [1.807, 2.05) is 0 Å². The highest BCUT2D eigenvalue weighted by Crippen LogP contribution is 2.31. The lowest BCUT2D eigenvalue weighted by Crippen LogP contribution is -2.06. The molecule has 0 atom stereocenters. The van der Waals surface area contributed by atoms with Crippen molar-refractivity contribution in [2.45, 2.75) is 11.1 Å². The summed E-state index contributed by atoms with van der Waals surface area (Å²) in [6.07, 6.45) is -3.38. The zero-order valence-electron chi connectivity index (χ0n) is 11.5. The minimum Gasteiger partial charge on any atom is -0.399 e. The van der Waals surface area contributed by atoms with Gasteiger partial charge in [-0.1, -0.05) is 0 Å². The van der Waals surface area contributed by atoms with Gasteiger partial charge in [0.2, 0.25) is 0 Å². The second kappa shape index (κ2) is 5.53. The average Bonchev–Trinajstić information content (AvgIpc) is 2.36. The molecule has 8 heteroatoms. The van der Waals surface area contributed by atoms with Gasteiger partial charge in [-0.05, 0) is 42.5 Å². The Morgan fingerprint density at radius 2 is 1.64 bits per heavy atom. The summed E-state index contributed by atoms with van der Waals surface area (Å²) in [5.41, 5.74) is 5.71. The van der Waals surface area contributed by atoms with Gasteiger partial charge in [0.15, 0.2) is 9.84 Å². The van der Waals surface area contributed by atoms with Gasteiger partial charge in [-0.2, -0.15) is 13.2 Å². The van der Waals surface area contributed by atoms with Crippen molar-refractivity contribution in [1.82, 2.24) is 0 Å².